The Morgan fingerprint density at radius 1 is 1.10 bits per heavy atom. The first-order valence-corrected chi connectivity index (χ1v) is 8.08. The zero-order valence-corrected chi connectivity index (χ0v) is 12.3. The maximum Gasteiger partial charge on any atom is 0.0626 e. The predicted molar refractivity (Wildman–Crippen MR) is 81.9 cm³/mol. The van der Waals surface area contributed by atoms with E-state index in [0.717, 1.165) is 16.0 Å². The molecule has 0 aliphatic rings. The maximum atomic E-state index is 11.3. The monoisotopic (exact) mass is 289 g/mol. The Morgan fingerprint density at radius 3 is 2.30 bits per heavy atom. The van der Waals surface area contributed by atoms with E-state index in [1.54, 1.807) is 6.26 Å². The molecule has 0 saturated carbocycles. The Kier molecular flexibility index (Phi) is 5.47. The standard InChI is InChI=1S/C16H19NO2S/c1-20(19)15-9-7-13(8-10-15)11-17-16(12-18)14-5-3-2-4-6-14/h2-10,16-18H,11-12H2,1H3. The summed E-state index contributed by atoms with van der Waals surface area (Å²) < 4.78 is 11.3. The summed E-state index contributed by atoms with van der Waals surface area (Å²) in [5, 5.41) is 12.8. The largest absolute Gasteiger partial charge is 0.394 e. The molecular formula is C16H19NO2S. The van der Waals surface area contributed by atoms with Crippen LogP contribution in [0.3, 0.4) is 0 Å². The van der Waals surface area contributed by atoms with Crippen LogP contribution in [0.1, 0.15) is 17.2 Å². The molecule has 0 fully saturated rings. The van der Waals surface area contributed by atoms with Crippen molar-refractivity contribution in [1.29, 1.82) is 0 Å². The summed E-state index contributed by atoms with van der Waals surface area (Å²) >= 11 is 0. The van der Waals surface area contributed by atoms with Crippen molar-refractivity contribution in [3.8, 4) is 0 Å². The second-order valence-electron chi connectivity index (χ2n) is 4.62. The molecule has 2 atom stereocenters. The Bertz CT molecular complexity index is 554. The van der Waals surface area contributed by atoms with Crippen LogP contribution in [0.4, 0.5) is 0 Å². The number of hydrogen-bond acceptors (Lipinski definition) is 3. The van der Waals surface area contributed by atoms with Gasteiger partial charge in [0.05, 0.1) is 12.6 Å². The van der Waals surface area contributed by atoms with Crippen LogP contribution in [0.5, 0.6) is 0 Å². The van der Waals surface area contributed by atoms with Crippen molar-refractivity contribution in [3.63, 3.8) is 0 Å². The number of benzene rings is 2. The summed E-state index contributed by atoms with van der Waals surface area (Å²) in [7, 11) is -0.942. The predicted octanol–water partition coefficient (Wildman–Crippen LogP) is 2.25. The van der Waals surface area contributed by atoms with Crippen molar-refractivity contribution < 1.29 is 9.32 Å². The van der Waals surface area contributed by atoms with Crippen LogP contribution in [0, 0.1) is 0 Å². The van der Waals surface area contributed by atoms with E-state index < -0.39 is 10.8 Å². The molecule has 4 heteroatoms. The smallest absolute Gasteiger partial charge is 0.0626 e. The van der Waals surface area contributed by atoms with E-state index >= 15 is 0 Å². The van der Waals surface area contributed by atoms with E-state index in [1.807, 2.05) is 54.6 Å². The molecule has 3 nitrogen and oxygen atoms in total. The van der Waals surface area contributed by atoms with Crippen LogP contribution in [0.15, 0.2) is 59.5 Å². The Balaban J connectivity index is 1.98. The lowest BCUT2D eigenvalue weighted by molar-refractivity contribution is 0.243. The van der Waals surface area contributed by atoms with Crippen LogP contribution >= 0.6 is 0 Å². The van der Waals surface area contributed by atoms with E-state index in [-0.39, 0.29) is 12.6 Å². The molecule has 0 aromatic heterocycles. The minimum absolute atomic E-state index is 0.0566. The Hall–Kier alpha value is -1.49. The minimum Gasteiger partial charge on any atom is -0.394 e. The topological polar surface area (TPSA) is 49.3 Å². The molecule has 2 aromatic carbocycles. The molecule has 0 heterocycles. The van der Waals surface area contributed by atoms with Crippen molar-refractivity contribution in [2.24, 2.45) is 0 Å². The lowest BCUT2D eigenvalue weighted by atomic mass is 10.1. The molecule has 0 saturated heterocycles. The summed E-state index contributed by atoms with van der Waals surface area (Å²) in [5.41, 5.74) is 2.18. The average Bonchev–Trinajstić information content (AvgIpc) is 2.49. The molecule has 2 unspecified atom stereocenters. The number of nitrogens with one attached hydrogen (secondary N) is 1. The number of hydrogen-bond donors (Lipinski definition) is 2. The van der Waals surface area contributed by atoms with Gasteiger partial charge in [-0.25, -0.2) is 0 Å². The van der Waals surface area contributed by atoms with Gasteiger partial charge in [-0.15, -0.1) is 0 Å². The van der Waals surface area contributed by atoms with E-state index in [0.29, 0.717) is 6.54 Å². The molecular weight excluding hydrogens is 270 g/mol. The highest BCUT2D eigenvalue weighted by molar-refractivity contribution is 7.84. The third kappa shape index (κ3) is 4.00. The first kappa shape index (κ1) is 14.9. The van der Waals surface area contributed by atoms with Gasteiger partial charge in [-0.2, -0.15) is 0 Å². The lowest BCUT2D eigenvalue weighted by Crippen LogP contribution is -2.23. The van der Waals surface area contributed by atoms with Crippen LogP contribution in [0.25, 0.3) is 0 Å². The lowest BCUT2D eigenvalue weighted by Gasteiger charge is -2.16. The second kappa shape index (κ2) is 7.33. The van der Waals surface area contributed by atoms with E-state index in [4.69, 9.17) is 0 Å². The first-order chi connectivity index (χ1) is 9.70. The van der Waals surface area contributed by atoms with Crippen LogP contribution in [-0.2, 0) is 17.3 Å². The Morgan fingerprint density at radius 2 is 1.75 bits per heavy atom. The Labute approximate surface area is 122 Å². The quantitative estimate of drug-likeness (QED) is 0.857. The SMILES string of the molecule is CS(=O)c1ccc(CNC(CO)c2ccccc2)cc1. The van der Waals surface area contributed by atoms with Gasteiger partial charge in [-0.1, -0.05) is 42.5 Å². The van der Waals surface area contributed by atoms with Crippen LogP contribution in [-0.4, -0.2) is 22.2 Å². The van der Waals surface area contributed by atoms with Gasteiger partial charge < -0.3 is 10.4 Å². The zero-order valence-electron chi connectivity index (χ0n) is 11.5. The average molecular weight is 289 g/mol. The molecule has 0 aliphatic heterocycles. The van der Waals surface area contributed by atoms with Gasteiger partial charge in [0.15, 0.2) is 0 Å². The summed E-state index contributed by atoms with van der Waals surface area (Å²) in [4.78, 5) is 0.829. The first-order valence-electron chi connectivity index (χ1n) is 6.52. The van der Waals surface area contributed by atoms with Crippen molar-refractivity contribution in [1.82, 2.24) is 5.32 Å². The molecule has 0 spiro atoms. The van der Waals surface area contributed by atoms with Crippen LogP contribution in [0.2, 0.25) is 0 Å². The van der Waals surface area contributed by atoms with Crippen molar-refractivity contribution >= 4 is 10.8 Å². The number of aliphatic hydroxyl groups excluding tert-OH is 1. The molecule has 0 aliphatic carbocycles. The van der Waals surface area contributed by atoms with Crippen molar-refractivity contribution in [2.45, 2.75) is 17.5 Å². The number of aliphatic hydroxyl groups is 1. The fraction of sp³-hybridized carbons (Fsp3) is 0.250. The highest BCUT2D eigenvalue weighted by Crippen LogP contribution is 2.13. The van der Waals surface area contributed by atoms with E-state index in [9.17, 15) is 9.32 Å². The summed E-state index contributed by atoms with van der Waals surface area (Å²) in [6.45, 7) is 0.720. The number of rotatable bonds is 6. The third-order valence-electron chi connectivity index (χ3n) is 3.19. The van der Waals surface area contributed by atoms with Gasteiger partial charge in [0, 0.05) is 28.5 Å². The summed E-state index contributed by atoms with van der Waals surface area (Å²) in [5.74, 6) is 0. The van der Waals surface area contributed by atoms with Gasteiger partial charge in [-0.3, -0.25) is 4.21 Å². The van der Waals surface area contributed by atoms with E-state index in [1.165, 1.54) is 0 Å². The highest BCUT2D eigenvalue weighted by Gasteiger charge is 2.08. The van der Waals surface area contributed by atoms with Crippen molar-refractivity contribution in [3.05, 3.63) is 65.7 Å². The van der Waals surface area contributed by atoms with Crippen molar-refractivity contribution in [2.75, 3.05) is 12.9 Å². The summed E-state index contributed by atoms with van der Waals surface area (Å²) in [6, 6.07) is 17.5. The van der Waals surface area contributed by atoms with Crippen LogP contribution < -0.4 is 5.32 Å². The minimum atomic E-state index is -0.942. The highest BCUT2D eigenvalue weighted by atomic mass is 32.2. The summed E-state index contributed by atoms with van der Waals surface area (Å²) in [6.07, 6.45) is 1.67. The maximum absolute atomic E-state index is 11.3. The molecule has 0 bridgehead atoms. The second-order valence-corrected chi connectivity index (χ2v) is 6.00. The van der Waals surface area contributed by atoms with Gasteiger partial charge in [-0.05, 0) is 23.3 Å². The third-order valence-corrected chi connectivity index (χ3v) is 4.13. The van der Waals surface area contributed by atoms with E-state index in [2.05, 4.69) is 5.32 Å². The van der Waals surface area contributed by atoms with Gasteiger partial charge in [0.2, 0.25) is 0 Å². The molecule has 0 radical (unpaired) electrons. The normalized spacial score (nSPS) is 13.9. The van der Waals surface area contributed by atoms with Gasteiger partial charge >= 0.3 is 0 Å². The molecule has 0 amide bonds. The molecule has 2 N–H and O–H groups in total. The van der Waals surface area contributed by atoms with Gasteiger partial charge in [0.25, 0.3) is 0 Å². The zero-order chi connectivity index (χ0) is 14.4. The molecule has 2 rings (SSSR count). The molecule has 106 valence electrons. The van der Waals surface area contributed by atoms with Gasteiger partial charge in [0.1, 0.15) is 0 Å². The molecule has 20 heavy (non-hydrogen) atoms. The fourth-order valence-electron chi connectivity index (χ4n) is 2.01. The molecule has 2 aromatic rings. The fourth-order valence-corrected chi connectivity index (χ4v) is 2.53.